The van der Waals surface area contributed by atoms with Crippen LogP contribution in [0.3, 0.4) is 0 Å². The fourth-order valence-corrected chi connectivity index (χ4v) is 6.53. The summed E-state index contributed by atoms with van der Waals surface area (Å²) in [4.78, 5) is 17.8. The Balaban J connectivity index is 1.06. The van der Waals surface area contributed by atoms with Gasteiger partial charge in [-0.3, -0.25) is 0 Å². The fraction of sp³-hybridized carbons (Fsp3) is 0.344. The van der Waals surface area contributed by atoms with Crippen molar-refractivity contribution in [2.75, 3.05) is 25.1 Å². The lowest BCUT2D eigenvalue weighted by molar-refractivity contribution is -0.137. The van der Waals surface area contributed by atoms with Gasteiger partial charge in [-0.25, -0.2) is 9.78 Å². The van der Waals surface area contributed by atoms with Crippen LogP contribution in [-0.2, 0) is 6.18 Å². The van der Waals surface area contributed by atoms with Crippen LogP contribution in [0, 0.1) is 11.3 Å². The molecule has 3 fully saturated rings. The molecule has 3 aliphatic rings. The molecule has 1 aliphatic heterocycles. The molecule has 2 aromatic carbocycles. The first-order chi connectivity index (χ1) is 20.1. The van der Waals surface area contributed by atoms with Gasteiger partial charge in [0.05, 0.1) is 12.7 Å². The first-order valence-corrected chi connectivity index (χ1v) is 14.0. The van der Waals surface area contributed by atoms with Crippen LogP contribution in [0.5, 0.6) is 5.88 Å². The minimum absolute atomic E-state index is 0.0430. The highest BCUT2D eigenvalue weighted by Gasteiger charge is 2.51. The van der Waals surface area contributed by atoms with Crippen LogP contribution < -0.4 is 9.64 Å². The van der Waals surface area contributed by atoms with E-state index in [0.29, 0.717) is 17.2 Å². The molecule has 10 heteroatoms. The van der Waals surface area contributed by atoms with E-state index in [9.17, 15) is 23.1 Å². The first kappa shape index (κ1) is 26.6. The Labute approximate surface area is 239 Å². The van der Waals surface area contributed by atoms with Gasteiger partial charge in [-0.1, -0.05) is 41.6 Å². The van der Waals surface area contributed by atoms with E-state index in [1.807, 2.05) is 24.3 Å². The molecule has 7 nitrogen and oxygen atoms in total. The number of hydrogen-bond acceptors (Lipinski definition) is 6. The number of carboxylic acid groups (broad SMARTS) is 1. The smallest absolute Gasteiger partial charge is 0.417 e. The van der Waals surface area contributed by atoms with Crippen molar-refractivity contribution in [2.24, 2.45) is 11.3 Å². The van der Waals surface area contributed by atoms with E-state index in [4.69, 9.17) is 9.26 Å². The molecule has 42 heavy (non-hydrogen) atoms. The summed E-state index contributed by atoms with van der Waals surface area (Å²) in [6, 6.07) is 12.9. The molecule has 3 heterocycles. The normalized spacial score (nSPS) is 18.4. The number of rotatable bonds is 7. The fourth-order valence-electron chi connectivity index (χ4n) is 6.53. The Hall–Kier alpha value is -4.34. The highest BCUT2D eigenvalue weighted by Crippen LogP contribution is 2.54. The maximum absolute atomic E-state index is 13.8. The van der Waals surface area contributed by atoms with E-state index in [1.54, 1.807) is 12.1 Å². The van der Waals surface area contributed by atoms with Crippen molar-refractivity contribution in [3.05, 3.63) is 77.2 Å². The van der Waals surface area contributed by atoms with Crippen LogP contribution in [0.2, 0.25) is 0 Å². The third kappa shape index (κ3) is 4.59. The van der Waals surface area contributed by atoms with Gasteiger partial charge >= 0.3 is 12.1 Å². The highest BCUT2D eigenvalue weighted by molar-refractivity contribution is 5.96. The summed E-state index contributed by atoms with van der Waals surface area (Å²) in [5.74, 6) is 0.400. The molecule has 0 amide bonds. The molecule has 0 bridgehead atoms. The lowest BCUT2D eigenvalue weighted by Crippen LogP contribution is -2.62. The zero-order chi connectivity index (χ0) is 29.2. The summed E-state index contributed by atoms with van der Waals surface area (Å²) in [5, 5.41) is 15.0. The number of nitrogens with zero attached hydrogens (tertiary/aromatic N) is 3. The molecule has 2 aromatic heterocycles. The van der Waals surface area contributed by atoms with Gasteiger partial charge in [0.25, 0.3) is 0 Å². The zero-order valence-electron chi connectivity index (χ0n) is 22.8. The number of aromatic carboxylic acids is 1. The Kier molecular flexibility index (Phi) is 6.07. The van der Waals surface area contributed by atoms with Crippen LogP contribution in [0.4, 0.5) is 18.9 Å². The predicted molar refractivity (Wildman–Crippen MR) is 151 cm³/mol. The summed E-state index contributed by atoms with van der Waals surface area (Å²) in [5.41, 5.74) is 1.42. The molecule has 216 valence electrons. The third-order valence-electron chi connectivity index (χ3n) is 8.73. The number of methoxy groups -OCH3 is 1. The van der Waals surface area contributed by atoms with Crippen LogP contribution in [0.15, 0.2) is 59.1 Å². The Morgan fingerprint density at radius 2 is 1.90 bits per heavy atom. The average Bonchev–Trinajstić information content (AvgIpc) is 3.69. The van der Waals surface area contributed by atoms with Crippen molar-refractivity contribution in [1.29, 1.82) is 0 Å². The lowest BCUT2D eigenvalue weighted by Gasteiger charge is -2.59. The van der Waals surface area contributed by atoms with Crippen LogP contribution in [0.1, 0.15) is 59.0 Å². The number of anilines is 1. The van der Waals surface area contributed by atoms with E-state index in [2.05, 4.69) is 21.1 Å². The van der Waals surface area contributed by atoms with E-state index >= 15 is 0 Å². The molecule has 0 unspecified atom stereocenters. The topological polar surface area (TPSA) is 88.7 Å². The van der Waals surface area contributed by atoms with Crippen LogP contribution in [-0.4, -0.2) is 41.4 Å². The Morgan fingerprint density at radius 1 is 1.14 bits per heavy atom. The molecule has 7 rings (SSSR count). The van der Waals surface area contributed by atoms with Crippen LogP contribution in [0.25, 0.3) is 28.1 Å². The number of aromatic nitrogens is 2. The van der Waals surface area contributed by atoms with Crippen molar-refractivity contribution in [2.45, 2.75) is 37.8 Å². The molecule has 0 atom stereocenters. The van der Waals surface area contributed by atoms with Crippen molar-refractivity contribution >= 4 is 28.5 Å². The lowest BCUT2D eigenvalue weighted by atomic mass is 9.57. The minimum atomic E-state index is -4.49. The van der Waals surface area contributed by atoms with Gasteiger partial charge in [-0.2, -0.15) is 13.2 Å². The van der Waals surface area contributed by atoms with Gasteiger partial charge < -0.3 is 19.3 Å². The monoisotopic (exact) mass is 575 g/mol. The largest absolute Gasteiger partial charge is 0.481 e. The number of carbonyl (C=O) groups is 1. The SMILES string of the molecule is COc1nc(C(=O)O)cc2ccc(N3CC4(CC(/C=C/c5c(-c6ccccc6C(F)(F)F)noc5C5CC5)C4)C3)cc12. The molecule has 0 radical (unpaired) electrons. The molecular weight excluding hydrogens is 547 g/mol. The summed E-state index contributed by atoms with van der Waals surface area (Å²) in [7, 11) is 1.48. The maximum Gasteiger partial charge on any atom is 0.417 e. The number of halogens is 3. The van der Waals surface area contributed by atoms with Crippen molar-refractivity contribution < 1.29 is 32.3 Å². The van der Waals surface area contributed by atoms with Crippen molar-refractivity contribution in [3.8, 4) is 17.1 Å². The molecule has 1 spiro atoms. The highest BCUT2D eigenvalue weighted by atomic mass is 19.4. The number of pyridine rings is 1. The predicted octanol–water partition coefficient (Wildman–Crippen LogP) is 7.42. The Bertz CT molecular complexity index is 1730. The van der Waals surface area contributed by atoms with Crippen molar-refractivity contribution in [1.82, 2.24) is 10.1 Å². The number of benzene rings is 2. The summed E-state index contributed by atoms with van der Waals surface area (Å²) >= 11 is 0. The summed E-state index contributed by atoms with van der Waals surface area (Å²) in [6.45, 7) is 1.80. The Morgan fingerprint density at radius 3 is 2.60 bits per heavy atom. The molecule has 1 saturated heterocycles. The van der Waals surface area contributed by atoms with E-state index in [-0.39, 0.29) is 34.2 Å². The second-order valence-corrected chi connectivity index (χ2v) is 11.7. The average molecular weight is 576 g/mol. The number of allylic oxidation sites excluding steroid dienone is 1. The van der Waals surface area contributed by atoms with Gasteiger partial charge in [0.1, 0.15) is 11.5 Å². The molecule has 2 aliphatic carbocycles. The second-order valence-electron chi connectivity index (χ2n) is 11.7. The van der Waals surface area contributed by atoms with Gasteiger partial charge in [0, 0.05) is 46.6 Å². The minimum Gasteiger partial charge on any atom is -0.481 e. The molecule has 2 saturated carbocycles. The van der Waals surface area contributed by atoms with Crippen molar-refractivity contribution in [3.63, 3.8) is 0 Å². The van der Waals surface area contributed by atoms with Gasteiger partial charge in [-0.05, 0) is 61.3 Å². The number of carboxylic acids is 1. The number of alkyl halides is 3. The zero-order valence-corrected chi connectivity index (χ0v) is 22.8. The molecular formula is C32H28F3N3O4. The van der Waals surface area contributed by atoms with E-state index in [0.717, 1.165) is 61.3 Å². The van der Waals surface area contributed by atoms with E-state index < -0.39 is 17.7 Å². The summed E-state index contributed by atoms with van der Waals surface area (Å²) in [6.07, 6.45) is 3.46. The second kappa shape index (κ2) is 9.61. The van der Waals surface area contributed by atoms with Gasteiger partial charge in [0.2, 0.25) is 5.88 Å². The summed E-state index contributed by atoms with van der Waals surface area (Å²) < 4.78 is 52.2. The first-order valence-electron chi connectivity index (χ1n) is 14.0. The van der Waals surface area contributed by atoms with Gasteiger partial charge in [0.15, 0.2) is 5.69 Å². The quantitative estimate of drug-likeness (QED) is 0.245. The standard InChI is InChI=1S/C32H28F3N3O4/c1-41-29-24-13-21(10-9-20(24)12-26(36-29)30(39)40)38-16-31(17-38)14-18(15-31)6-11-23-27(37-42-28(23)19-7-8-19)22-4-2-3-5-25(22)32(33,34)35/h2-6,9-13,18-19H,7-8,14-17H2,1H3,(H,39,40)/b11-6+. The van der Waals surface area contributed by atoms with E-state index in [1.165, 1.54) is 19.2 Å². The number of fused-ring (bicyclic) bond motifs is 1. The third-order valence-corrected chi connectivity index (χ3v) is 8.73. The number of ether oxygens (including phenoxy) is 1. The van der Waals surface area contributed by atoms with Crippen LogP contribution >= 0.6 is 0 Å². The molecule has 4 aromatic rings. The number of hydrogen-bond donors (Lipinski definition) is 1. The molecule has 1 N–H and O–H groups in total. The van der Waals surface area contributed by atoms with Gasteiger partial charge in [-0.15, -0.1) is 0 Å². The maximum atomic E-state index is 13.8.